The maximum absolute atomic E-state index is 2.43. The molecular weight excluding hydrogens is 312 g/mol. The van der Waals surface area contributed by atoms with E-state index in [2.05, 4.69) is 93.6 Å². The summed E-state index contributed by atoms with van der Waals surface area (Å²) in [7, 11) is 0. The third-order valence-corrected chi connectivity index (χ3v) is 5.50. The predicted molar refractivity (Wildman–Crippen MR) is 113 cm³/mol. The van der Waals surface area contributed by atoms with Crippen LogP contribution in [0.2, 0.25) is 0 Å². The van der Waals surface area contributed by atoms with Crippen molar-refractivity contribution in [3.8, 4) is 11.1 Å². The summed E-state index contributed by atoms with van der Waals surface area (Å²) in [5, 5.41) is 0. The number of aryl methyl sites for hydroxylation is 1. The van der Waals surface area contributed by atoms with Crippen molar-refractivity contribution in [2.75, 3.05) is 0 Å². The fraction of sp³-hybridized carbons (Fsp3) is 0.231. The molecule has 0 saturated heterocycles. The van der Waals surface area contributed by atoms with Crippen molar-refractivity contribution in [2.24, 2.45) is 0 Å². The lowest BCUT2D eigenvalue weighted by molar-refractivity contribution is 0.867. The standard InChI is InChI=1S/C26H26/c1-4-19-10-8-9-13-24(19)26-23(18(2)3)15-14-21-16-22(17-25(21)26)20-11-6-5-7-12-20/h5-15,17-18H,4,16H2,1-3H3. The topological polar surface area (TPSA) is 0 Å². The van der Waals surface area contributed by atoms with E-state index >= 15 is 0 Å². The van der Waals surface area contributed by atoms with Gasteiger partial charge in [0.25, 0.3) is 0 Å². The summed E-state index contributed by atoms with van der Waals surface area (Å²) < 4.78 is 0. The molecule has 0 spiro atoms. The van der Waals surface area contributed by atoms with E-state index in [1.165, 1.54) is 44.5 Å². The van der Waals surface area contributed by atoms with Crippen LogP contribution in [0, 0.1) is 0 Å². The Morgan fingerprint density at radius 1 is 0.846 bits per heavy atom. The van der Waals surface area contributed by atoms with Crippen molar-refractivity contribution in [3.63, 3.8) is 0 Å². The van der Waals surface area contributed by atoms with E-state index in [0.717, 1.165) is 12.8 Å². The third kappa shape index (κ3) is 2.90. The first kappa shape index (κ1) is 16.8. The highest BCUT2D eigenvalue weighted by Gasteiger charge is 2.22. The maximum atomic E-state index is 2.43. The van der Waals surface area contributed by atoms with Crippen LogP contribution in [0.1, 0.15) is 54.5 Å². The zero-order valence-electron chi connectivity index (χ0n) is 15.9. The Hall–Kier alpha value is -2.60. The van der Waals surface area contributed by atoms with Crippen molar-refractivity contribution in [1.82, 2.24) is 0 Å². The molecule has 0 radical (unpaired) electrons. The average Bonchev–Trinajstić information content (AvgIpc) is 3.12. The highest BCUT2D eigenvalue weighted by atomic mass is 14.3. The second-order valence-corrected chi connectivity index (χ2v) is 7.48. The van der Waals surface area contributed by atoms with Gasteiger partial charge in [0.15, 0.2) is 0 Å². The second-order valence-electron chi connectivity index (χ2n) is 7.48. The summed E-state index contributed by atoms with van der Waals surface area (Å²) in [5.41, 5.74) is 11.4. The molecule has 0 bridgehead atoms. The van der Waals surface area contributed by atoms with Gasteiger partial charge in [-0.1, -0.05) is 87.5 Å². The van der Waals surface area contributed by atoms with Crippen molar-refractivity contribution in [1.29, 1.82) is 0 Å². The molecule has 0 aliphatic heterocycles. The average molecular weight is 338 g/mol. The molecule has 0 aromatic heterocycles. The van der Waals surface area contributed by atoms with Gasteiger partial charge >= 0.3 is 0 Å². The molecule has 26 heavy (non-hydrogen) atoms. The van der Waals surface area contributed by atoms with Gasteiger partial charge in [0.1, 0.15) is 0 Å². The quantitative estimate of drug-likeness (QED) is 0.474. The molecular formula is C26H26. The van der Waals surface area contributed by atoms with Crippen molar-refractivity contribution >= 4 is 11.6 Å². The lowest BCUT2D eigenvalue weighted by Gasteiger charge is -2.19. The molecule has 1 aliphatic carbocycles. The predicted octanol–water partition coefficient (Wildman–Crippen LogP) is 7.14. The highest BCUT2D eigenvalue weighted by Crippen LogP contribution is 2.42. The van der Waals surface area contributed by atoms with E-state index in [1.54, 1.807) is 0 Å². The minimum absolute atomic E-state index is 0.509. The number of hydrogen-bond donors (Lipinski definition) is 0. The smallest absolute Gasteiger partial charge is 0.00134 e. The summed E-state index contributed by atoms with van der Waals surface area (Å²) in [4.78, 5) is 0. The van der Waals surface area contributed by atoms with Gasteiger partial charge in [-0.05, 0) is 69.4 Å². The molecule has 4 rings (SSSR count). The Morgan fingerprint density at radius 3 is 2.31 bits per heavy atom. The molecule has 1 aliphatic rings. The fourth-order valence-electron chi connectivity index (χ4n) is 4.12. The van der Waals surface area contributed by atoms with Crippen molar-refractivity contribution < 1.29 is 0 Å². The number of rotatable bonds is 4. The van der Waals surface area contributed by atoms with E-state index in [0.29, 0.717) is 5.92 Å². The van der Waals surface area contributed by atoms with Crippen molar-refractivity contribution in [2.45, 2.75) is 39.5 Å². The van der Waals surface area contributed by atoms with Gasteiger partial charge in [0.2, 0.25) is 0 Å². The number of hydrogen-bond acceptors (Lipinski definition) is 0. The molecule has 0 nitrogen and oxygen atoms in total. The van der Waals surface area contributed by atoms with E-state index < -0.39 is 0 Å². The molecule has 0 heterocycles. The van der Waals surface area contributed by atoms with Crippen molar-refractivity contribution in [3.05, 3.63) is 94.5 Å². The molecule has 0 fully saturated rings. The van der Waals surface area contributed by atoms with Crippen LogP contribution in [0.3, 0.4) is 0 Å². The largest absolute Gasteiger partial charge is 0.0622 e. The summed E-state index contributed by atoms with van der Waals surface area (Å²) >= 11 is 0. The van der Waals surface area contributed by atoms with E-state index in [-0.39, 0.29) is 0 Å². The zero-order valence-corrected chi connectivity index (χ0v) is 15.9. The SMILES string of the molecule is CCc1ccccc1-c1c(C(C)C)ccc2c1C=C(c1ccccc1)C2. The minimum Gasteiger partial charge on any atom is -0.0622 e. The summed E-state index contributed by atoms with van der Waals surface area (Å²) in [6.07, 6.45) is 4.52. The van der Waals surface area contributed by atoms with Gasteiger partial charge in [0.05, 0.1) is 0 Å². The fourth-order valence-corrected chi connectivity index (χ4v) is 4.12. The van der Waals surface area contributed by atoms with Crippen LogP contribution in [-0.2, 0) is 12.8 Å². The van der Waals surface area contributed by atoms with Crippen LogP contribution < -0.4 is 0 Å². The third-order valence-electron chi connectivity index (χ3n) is 5.50. The van der Waals surface area contributed by atoms with E-state index in [1.807, 2.05) is 0 Å². The van der Waals surface area contributed by atoms with Gasteiger partial charge in [-0.25, -0.2) is 0 Å². The molecule has 3 aromatic carbocycles. The highest BCUT2D eigenvalue weighted by molar-refractivity contribution is 5.95. The first-order valence-electron chi connectivity index (χ1n) is 9.69. The summed E-state index contributed by atoms with van der Waals surface area (Å²) in [6.45, 7) is 6.86. The lowest BCUT2D eigenvalue weighted by atomic mass is 9.85. The Morgan fingerprint density at radius 2 is 1.58 bits per heavy atom. The first-order valence-corrected chi connectivity index (χ1v) is 9.69. The molecule has 130 valence electrons. The van der Waals surface area contributed by atoms with Crippen LogP contribution in [0.25, 0.3) is 22.8 Å². The van der Waals surface area contributed by atoms with Crippen LogP contribution in [-0.4, -0.2) is 0 Å². The minimum atomic E-state index is 0.509. The maximum Gasteiger partial charge on any atom is -0.00134 e. The van der Waals surface area contributed by atoms with Gasteiger partial charge in [0, 0.05) is 0 Å². The Kier molecular flexibility index (Phi) is 4.51. The van der Waals surface area contributed by atoms with Gasteiger partial charge < -0.3 is 0 Å². The molecule has 0 atom stereocenters. The number of allylic oxidation sites excluding steroid dienone is 1. The Labute approximate surface area is 157 Å². The zero-order chi connectivity index (χ0) is 18.1. The van der Waals surface area contributed by atoms with E-state index in [4.69, 9.17) is 0 Å². The Bertz CT molecular complexity index is 959. The molecule has 3 aromatic rings. The molecule has 0 heteroatoms. The van der Waals surface area contributed by atoms with Gasteiger partial charge in [-0.2, -0.15) is 0 Å². The van der Waals surface area contributed by atoms with Crippen LogP contribution in [0.4, 0.5) is 0 Å². The van der Waals surface area contributed by atoms with Crippen LogP contribution >= 0.6 is 0 Å². The molecule has 0 saturated carbocycles. The van der Waals surface area contributed by atoms with Crippen LogP contribution in [0.15, 0.2) is 66.7 Å². The first-order chi connectivity index (χ1) is 12.7. The second kappa shape index (κ2) is 6.96. The van der Waals surface area contributed by atoms with E-state index in [9.17, 15) is 0 Å². The Balaban J connectivity index is 1.94. The van der Waals surface area contributed by atoms with Crippen LogP contribution in [0.5, 0.6) is 0 Å². The summed E-state index contributed by atoms with van der Waals surface area (Å²) in [6, 6.07) is 24.4. The normalized spacial score (nSPS) is 13.0. The monoisotopic (exact) mass is 338 g/mol. The van der Waals surface area contributed by atoms with Gasteiger partial charge in [-0.15, -0.1) is 0 Å². The molecule has 0 amide bonds. The van der Waals surface area contributed by atoms with Gasteiger partial charge in [-0.3, -0.25) is 0 Å². The number of fused-ring (bicyclic) bond motifs is 1. The lowest BCUT2D eigenvalue weighted by Crippen LogP contribution is -1.99. The molecule has 0 N–H and O–H groups in total. The number of benzene rings is 3. The summed E-state index contributed by atoms with van der Waals surface area (Å²) in [5.74, 6) is 0.509. The molecule has 0 unspecified atom stereocenters.